The van der Waals surface area contributed by atoms with Crippen LogP contribution in [0.1, 0.15) is 24.1 Å². The number of hydrogen-bond acceptors (Lipinski definition) is 4. The molecule has 0 aliphatic heterocycles. The summed E-state index contributed by atoms with van der Waals surface area (Å²) in [6.45, 7) is 4.50. The fraction of sp³-hybridized carbons (Fsp3) is 0.316. The van der Waals surface area contributed by atoms with Crippen molar-refractivity contribution in [2.24, 2.45) is 0 Å². The van der Waals surface area contributed by atoms with Crippen LogP contribution in [0.25, 0.3) is 0 Å². The Morgan fingerprint density at radius 1 is 1.15 bits per heavy atom. The Morgan fingerprint density at radius 2 is 1.81 bits per heavy atom. The van der Waals surface area contributed by atoms with Gasteiger partial charge in [0.2, 0.25) is 15.9 Å². The lowest BCUT2D eigenvalue weighted by atomic mass is 10.0. The molecule has 0 spiro atoms. The van der Waals surface area contributed by atoms with Crippen LogP contribution < -0.4 is 10.0 Å². The van der Waals surface area contributed by atoms with Crippen molar-refractivity contribution >= 4 is 27.3 Å². The Hall–Kier alpha value is -2.38. The molecule has 6 nitrogen and oxygen atoms in total. The van der Waals surface area contributed by atoms with E-state index in [4.69, 9.17) is 0 Å². The summed E-state index contributed by atoms with van der Waals surface area (Å²) >= 11 is 0. The molecule has 0 bridgehead atoms. The van der Waals surface area contributed by atoms with Gasteiger partial charge in [-0.1, -0.05) is 43.3 Å². The number of likely N-dealkylation sites (N-methyl/N-ethyl adjacent to an activating group) is 1. The summed E-state index contributed by atoms with van der Waals surface area (Å²) in [6, 6.07) is 14.3. The number of nitrogens with one attached hydrogen (secondary N) is 2. The van der Waals surface area contributed by atoms with Gasteiger partial charge in [-0.25, -0.2) is 8.42 Å². The van der Waals surface area contributed by atoms with Crippen molar-refractivity contribution in [3.63, 3.8) is 0 Å². The van der Waals surface area contributed by atoms with E-state index < -0.39 is 16.1 Å². The predicted molar refractivity (Wildman–Crippen MR) is 106 cm³/mol. The SMILES string of the molecule is CCN(C)C(C(=O)Nc1ccc(C)c(NS(C)(=O)=O)c1)c1ccccc1. The number of carbonyl (C=O) groups excluding carboxylic acids is 1. The summed E-state index contributed by atoms with van der Waals surface area (Å²) in [5.74, 6) is -0.172. The monoisotopic (exact) mass is 375 g/mol. The second kappa shape index (κ2) is 8.33. The molecule has 0 saturated heterocycles. The molecule has 1 atom stereocenters. The maximum absolute atomic E-state index is 12.9. The highest BCUT2D eigenvalue weighted by molar-refractivity contribution is 7.92. The van der Waals surface area contributed by atoms with E-state index in [1.807, 2.05) is 49.2 Å². The Labute approximate surface area is 155 Å². The van der Waals surface area contributed by atoms with Crippen LogP contribution in [0, 0.1) is 6.92 Å². The minimum Gasteiger partial charge on any atom is -0.324 e. The normalized spacial score (nSPS) is 12.7. The number of nitrogens with zero attached hydrogens (tertiary/aromatic N) is 1. The van der Waals surface area contributed by atoms with Gasteiger partial charge in [0.25, 0.3) is 0 Å². The lowest BCUT2D eigenvalue weighted by molar-refractivity contribution is -0.121. The van der Waals surface area contributed by atoms with Crippen LogP contribution in [-0.2, 0) is 14.8 Å². The fourth-order valence-electron chi connectivity index (χ4n) is 2.64. The first-order chi connectivity index (χ1) is 12.2. The molecule has 0 fully saturated rings. The molecule has 2 aromatic rings. The van der Waals surface area contributed by atoms with E-state index in [9.17, 15) is 13.2 Å². The Morgan fingerprint density at radius 3 is 2.38 bits per heavy atom. The van der Waals surface area contributed by atoms with E-state index >= 15 is 0 Å². The highest BCUT2D eigenvalue weighted by Gasteiger charge is 2.24. The summed E-state index contributed by atoms with van der Waals surface area (Å²) in [4.78, 5) is 14.9. The average Bonchev–Trinajstić information content (AvgIpc) is 2.57. The van der Waals surface area contributed by atoms with E-state index in [-0.39, 0.29) is 5.91 Å². The van der Waals surface area contributed by atoms with Gasteiger partial charge in [-0.15, -0.1) is 0 Å². The minimum atomic E-state index is -3.39. The van der Waals surface area contributed by atoms with Crippen molar-refractivity contribution in [3.05, 3.63) is 59.7 Å². The molecule has 140 valence electrons. The first kappa shape index (κ1) is 19.9. The van der Waals surface area contributed by atoms with Crippen LogP contribution in [0.3, 0.4) is 0 Å². The molecule has 1 unspecified atom stereocenters. The summed E-state index contributed by atoms with van der Waals surface area (Å²) in [7, 11) is -1.50. The Kier molecular flexibility index (Phi) is 6.39. The minimum absolute atomic E-state index is 0.172. The molecule has 0 aliphatic carbocycles. The standard InChI is InChI=1S/C19H25N3O3S/c1-5-22(3)18(15-9-7-6-8-10-15)19(23)20-16-12-11-14(2)17(13-16)21-26(4,24)25/h6-13,18,21H,5H2,1-4H3,(H,20,23). The molecule has 0 radical (unpaired) electrons. The molecule has 2 rings (SSSR count). The van der Waals surface area contributed by atoms with Crippen molar-refractivity contribution < 1.29 is 13.2 Å². The van der Waals surface area contributed by atoms with Gasteiger partial charge in [-0.2, -0.15) is 0 Å². The van der Waals surface area contributed by atoms with Crippen LogP contribution in [0.4, 0.5) is 11.4 Å². The molecule has 7 heteroatoms. The molecule has 0 saturated carbocycles. The van der Waals surface area contributed by atoms with Gasteiger partial charge in [-0.3, -0.25) is 14.4 Å². The third-order valence-corrected chi connectivity index (χ3v) is 4.69. The summed E-state index contributed by atoms with van der Waals surface area (Å²) in [6.07, 6.45) is 1.10. The number of aryl methyl sites for hydroxylation is 1. The zero-order valence-electron chi connectivity index (χ0n) is 15.5. The molecule has 2 N–H and O–H groups in total. The van der Waals surface area contributed by atoms with Gasteiger partial charge in [0.05, 0.1) is 11.9 Å². The average molecular weight is 375 g/mol. The number of amides is 1. The van der Waals surface area contributed by atoms with E-state index in [1.54, 1.807) is 25.1 Å². The lowest BCUT2D eigenvalue weighted by Crippen LogP contribution is -2.34. The molecule has 1 amide bonds. The van der Waals surface area contributed by atoms with Crippen molar-refractivity contribution in [1.82, 2.24) is 4.90 Å². The zero-order chi connectivity index (χ0) is 19.3. The highest BCUT2D eigenvalue weighted by atomic mass is 32.2. The van der Waals surface area contributed by atoms with Crippen LogP contribution in [-0.4, -0.2) is 39.1 Å². The number of anilines is 2. The molecule has 0 aliphatic rings. The molecular formula is C19H25N3O3S. The van der Waals surface area contributed by atoms with Crippen molar-refractivity contribution in [1.29, 1.82) is 0 Å². The summed E-state index contributed by atoms with van der Waals surface area (Å²) in [5.41, 5.74) is 2.66. The third kappa shape index (κ3) is 5.31. The van der Waals surface area contributed by atoms with Crippen molar-refractivity contribution in [3.8, 4) is 0 Å². The highest BCUT2D eigenvalue weighted by Crippen LogP contribution is 2.24. The summed E-state index contributed by atoms with van der Waals surface area (Å²) in [5, 5.41) is 2.89. The maximum Gasteiger partial charge on any atom is 0.246 e. The first-order valence-corrected chi connectivity index (χ1v) is 10.2. The Balaban J connectivity index is 2.28. The van der Waals surface area contributed by atoms with Crippen LogP contribution in [0.5, 0.6) is 0 Å². The number of rotatable bonds is 7. The number of sulfonamides is 1. The molecule has 2 aromatic carbocycles. The fourth-order valence-corrected chi connectivity index (χ4v) is 3.26. The van der Waals surface area contributed by atoms with E-state index in [0.717, 1.165) is 17.4 Å². The summed E-state index contributed by atoms with van der Waals surface area (Å²) < 4.78 is 25.5. The second-order valence-corrected chi connectivity index (χ2v) is 8.03. The maximum atomic E-state index is 12.9. The number of benzene rings is 2. The predicted octanol–water partition coefficient (Wildman–Crippen LogP) is 3.00. The second-order valence-electron chi connectivity index (χ2n) is 6.28. The molecule has 0 aromatic heterocycles. The van der Waals surface area contributed by atoms with Gasteiger partial charge < -0.3 is 5.32 Å². The third-order valence-electron chi connectivity index (χ3n) is 4.10. The number of hydrogen-bond donors (Lipinski definition) is 2. The van der Waals surface area contributed by atoms with Crippen molar-refractivity contribution in [2.75, 3.05) is 29.9 Å². The first-order valence-electron chi connectivity index (χ1n) is 8.35. The van der Waals surface area contributed by atoms with Gasteiger partial charge >= 0.3 is 0 Å². The smallest absolute Gasteiger partial charge is 0.246 e. The lowest BCUT2D eigenvalue weighted by Gasteiger charge is -2.26. The van der Waals surface area contributed by atoms with E-state index in [0.29, 0.717) is 17.9 Å². The van der Waals surface area contributed by atoms with Crippen LogP contribution >= 0.6 is 0 Å². The quantitative estimate of drug-likeness (QED) is 0.780. The topological polar surface area (TPSA) is 78.5 Å². The van der Waals surface area contributed by atoms with Gasteiger partial charge in [0.15, 0.2) is 0 Å². The van der Waals surface area contributed by atoms with Gasteiger partial charge in [0.1, 0.15) is 6.04 Å². The Bertz CT molecular complexity index is 867. The van der Waals surface area contributed by atoms with Gasteiger partial charge in [-0.05, 0) is 43.8 Å². The molecular weight excluding hydrogens is 350 g/mol. The zero-order valence-corrected chi connectivity index (χ0v) is 16.3. The largest absolute Gasteiger partial charge is 0.324 e. The van der Waals surface area contributed by atoms with E-state index in [2.05, 4.69) is 10.0 Å². The van der Waals surface area contributed by atoms with E-state index in [1.165, 1.54) is 0 Å². The molecule has 26 heavy (non-hydrogen) atoms. The van der Waals surface area contributed by atoms with Gasteiger partial charge in [0, 0.05) is 5.69 Å². The molecule has 0 heterocycles. The van der Waals surface area contributed by atoms with Crippen LogP contribution in [0.2, 0.25) is 0 Å². The van der Waals surface area contributed by atoms with Crippen LogP contribution in [0.15, 0.2) is 48.5 Å². The number of carbonyl (C=O) groups is 1. The van der Waals surface area contributed by atoms with Crippen molar-refractivity contribution in [2.45, 2.75) is 19.9 Å².